The number of aromatic amines is 1. The minimum absolute atomic E-state index is 0.0116. The third-order valence-electron chi connectivity index (χ3n) is 6.36. The zero-order chi connectivity index (χ0) is 23.4. The summed E-state index contributed by atoms with van der Waals surface area (Å²) in [5.74, 6) is -0.348. The third kappa shape index (κ3) is 4.83. The monoisotopic (exact) mass is 450 g/mol. The van der Waals surface area contributed by atoms with Gasteiger partial charge in [0.2, 0.25) is 5.56 Å². The van der Waals surface area contributed by atoms with Crippen LogP contribution in [-0.4, -0.2) is 34.2 Å². The van der Waals surface area contributed by atoms with Crippen LogP contribution < -0.4 is 5.56 Å². The van der Waals surface area contributed by atoms with Gasteiger partial charge in [0.05, 0.1) is 6.04 Å². The number of aromatic nitrogens is 1. The number of cyclic esters (lactones) is 1. The summed E-state index contributed by atoms with van der Waals surface area (Å²) in [6.45, 7) is 2.42. The lowest BCUT2D eigenvalue weighted by Gasteiger charge is -2.43. The molecular weight excluding hydrogens is 423 g/mol. The van der Waals surface area contributed by atoms with Gasteiger partial charge >= 0.3 is 6.09 Å². The molecular formula is C26H27FN2O4. The van der Waals surface area contributed by atoms with E-state index in [-0.39, 0.29) is 24.0 Å². The van der Waals surface area contributed by atoms with Crippen LogP contribution in [0, 0.1) is 5.82 Å². The number of carbonyl (C=O) groups excluding carboxylic acids is 1. The molecule has 6 nitrogen and oxygen atoms in total. The van der Waals surface area contributed by atoms with E-state index in [0.29, 0.717) is 25.8 Å². The topological polar surface area (TPSA) is 82.6 Å². The zero-order valence-corrected chi connectivity index (χ0v) is 18.5. The Hall–Kier alpha value is -3.45. The molecule has 33 heavy (non-hydrogen) atoms. The predicted molar refractivity (Wildman–Crippen MR) is 123 cm³/mol. The summed E-state index contributed by atoms with van der Waals surface area (Å²) in [6.07, 6.45) is 2.73. The van der Waals surface area contributed by atoms with E-state index in [9.17, 15) is 19.1 Å². The van der Waals surface area contributed by atoms with Crippen molar-refractivity contribution in [2.75, 3.05) is 13.2 Å². The van der Waals surface area contributed by atoms with Gasteiger partial charge in [0, 0.05) is 31.8 Å². The van der Waals surface area contributed by atoms with Crippen LogP contribution in [-0.2, 0) is 10.3 Å². The highest BCUT2D eigenvalue weighted by Crippen LogP contribution is 2.40. The molecule has 0 radical (unpaired) electrons. The molecule has 7 heteroatoms. The molecule has 1 fully saturated rings. The number of ether oxygens (including phenoxy) is 1. The number of H-pyrrole nitrogens is 1. The number of hydrogen-bond acceptors (Lipinski definition) is 4. The maximum Gasteiger partial charge on any atom is 0.411 e. The van der Waals surface area contributed by atoms with E-state index < -0.39 is 11.7 Å². The van der Waals surface area contributed by atoms with Crippen LogP contribution in [0.25, 0.3) is 11.1 Å². The second-order valence-corrected chi connectivity index (χ2v) is 8.38. The molecule has 1 aliphatic heterocycles. The molecule has 0 aliphatic carbocycles. The van der Waals surface area contributed by atoms with Gasteiger partial charge in [-0.25, -0.2) is 9.18 Å². The third-order valence-corrected chi connectivity index (χ3v) is 6.36. The van der Waals surface area contributed by atoms with Gasteiger partial charge in [-0.3, -0.25) is 4.79 Å². The number of pyridine rings is 1. The lowest BCUT2D eigenvalue weighted by molar-refractivity contribution is -0.0680. The van der Waals surface area contributed by atoms with Crippen molar-refractivity contribution in [1.82, 2.24) is 9.88 Å². The van der Waals surface area contributed by atoms with Gasteiger partial charge in [-0.05, 0) is 60.2 Å². The van der Waals surface area contributed by atoms with Gasteiger partial charge in [-0.15, -0.1) is 0 Å². The van der Waals surface area contributed by atoms with Gasteiger partial charge in [0.15, 0.2) is 0 Å². The van der Waals surface area contributed by atoms with E-state index in [1.54, 1.807) is 29.3 Å². The van der Waals surface area contributed by atoms with Gasteiger partial charge in [-0.2, -0.15) is 0 Å². The number of carbonyl (C=O) groups is 1. The summed E-state index contributed by atoms with van der Waals surface area (Å²) in [5.41, 5.74) is 2.54. The molecule has 172 valence electrons. The Bertz CT molecular complexity index is 1140. The summed E-state index contributed by atoms with van der Waals surface area (Å²) in [4.78, 5) is 28.7. The van der Waals surface area contributed by atoms with E-state index in [1.165, 1.54) is 18.2 Å². The molecule has 2 atom stereocenters. The lowest BCUT2D eigenvalue weighted by atomic mass is 9.84. The molecule has 2 N–H and O–H groups in total. The number of aliphatic hydroxyl groups excluding tert-OH is 1. The van der Waals surface area contributed by atoms with Crippen molar-refractivity contribution in [1.29, 1.82) is 0 Å². The Morgan fingerprint density at radius 1 is 1.06 bits per heavy atom. The van der Waals surface area contributed by atoms with Crippen molar-refractivity contribution in [3.63, 3.8) is 0 Å². The fraction of sp³-hybridized carbons (Fsp3) is 0.308. The molecule has 0 saturated carbocycles. The first-order chi connectivity index (χ1) is 15.9. The van der Waals surface area contributed by atoms with Gasteiger partial charge < -0.3 is 19.7 Å². The lowest BCUT2D eigenvalue weighted by Crippen LogP contribution is -2.48. The first-order valence-corrected chi connectivity index (χ1v) is 11.1. The smallest absolute Gasteiger partial charge is 0.411 e. The van der Waals surface area contributed by atoms with E-state index >= 15 is 0 Å². The summed E-state index contributed by atoms with van der Waals surface area (Å²) in [5, 5.41) is 9.35. The van der Waals surface area contributed by atoms with Crippen molar-refractivity contribution in [2.45, 2.75) is 37.8 Å². The predicted octanol–water partition coefficient (Wildman–Crippen LogP) is 4.75. The van der Waals surface area contributed by atoms with Crippen molar-refractivity contribution in [3.8, 4) is 11.1 Å². The van der Waals surface area contributed by atoms with Gasteiger partial charge in [0.25, 0.3) is 0 Å². The Kier molecular flexibility index (Phi) is 6.60. The van der Waals surface area contributed by atoms with Crippen molar-refractivity contribution in [2.24, 2.45) is 0 Å². The second-order valence-electron chi connectivity index (χ2n) is 8.38. The maximum atomic E-state index is 13.4. The van der Waals surface area contributed by atoms with E-state index in [0.717, 1.165) is 22.3 Å². The van der Waals surface area contributed by atoms with Crippen LogP contribution in [0.15, 0.2) is 71.7 Å². The first kappa shape index (κ1) is 22.7. The average Bonchev–Trinajstić information content (AvgIpc) is 2.83. The average molecular weight is 451 g/mol. The zero-order valence-electron chi connectivity index (χ0n) is 18.5. The standard InChI is InChI=1S/C26H27FN2O4/c1-18(19-3-5-20(6-4-19)21-7-12-24(31)28-17-21)29-15-14-26(13-2-16-30,33-25(29)32)22-8-10-23(27)11-9-22/h3-12,17-18,30H,2,13-16H2,1H3,(H,28,31)/t18-,26?/m0/s1. The van der Waals surface area contributed by atoms with Crippen molar-refractivity contribution in [3.05, 3.63) is 94.2 Å². The van der Waals surface area contributed by atoms with Crippen LogP contribution in [0.5, 0.6) is 0 Å². The Labute approximate surface area is 191 Å². The van der Waals surface area contributed by atoms with E-state index in [4.69, 9.17) is 4.74 Å². The fourth-order valence-corrected chi connectivity index (χ4v) is 4.39. The largest absolute Gasteiger partial charge is 0.438 e. The first-order valence-electron chi connectivity index (χ1n) is 11.1. The molecule has 3 aromatic rings. The van der Waals surface area contributed by atoms with E-state index in [2.05, 4.69) is 4.98 Å². The molecule has 1 saturated heterocycles. The molecule has 0 bridgehead atoms. The van der Waals surface area contributed by atoms with Gasteiger partial charge in [-0.1, -0.05) is 36.4 Å². The van der Waals surface area contributed by atoms with E-state index in [1.807, 2.05) is 31.2 Å². The number of halogens is 1. The number of rotatable bonds is 7. The highest BCUT2D eigenvalue weighted by atomic mass is 19.1. The molecule has 1 amide bonds. The van der Waals surface area contributed by atoms with Crippen LogP contribution in [0.3, 0.4) is 0 Å². The highest BCUT2D eigenvalue weighted by Gasteiger charge is 2.43. The number of aliphatic hydroxyl groups is 1. The molecule has 1 aromatic heterocycles. The molecule has 0 spiro atoms. The number of nitrogens with zero attached hydrogens (tertiary/aromatic N) is 1. The fourth-order valence-electron chi connectivity index (χ4n) is 4.39. The number of nitrogens with one attached hydrogen (secondary N) is 1. The van der Waals surface area contributed by atoms with Crippen LogP contribution in [0.2, 0.25) is 0 Å². The summed E-state index contributed by atoms with van der Waals surface area (Å²) >= 11 is 0. The molecule has 1 unspecified atom stereocenters. The molecule has 2 aromatic carbocycles. The number of amides is 1. The SMILES string of the molecule is C[C@@H](c1ccc(-c2ccc(=O)[nH]c2)cc1)N1CCC(CCCO)(c2ccc(F)cc2)OC1=O. The van der Waals surface area contributed by atoms with Crippen LogP contribution in [0.4, 0.5) is 9.18 Å². The van der Waals surface area contributed by atoms with Crippen molar-refractivity contribution < 1.29 is 19.0 Å². The van der Waals surface area contributed by atoms with Crippen LogP contribution in [0.1, 0.15) is 43.4 Å². The van der Waals surface area contributed by atoms with Crippen molar-refractivity contribution >= 4 is 6.09 Å². The Morgan fingerprint density at radius 3 is 2.36 bits per heavy atom. The Morgan fingerprint density at radius 2 is 1.76 bits per heavy atom. The molecule has 4 rings (SSSR count). The Balaban J connectivity index is 1.51. The number of benzene rings is 2. The molecule has 1 aliphatic rings. The molecule has 2 heterocycles. The second kappa shape index (κ2) is 9.58. The quantitative estimate of drug-likeness (QED) is 0.544. The van der Waals surface area contributed by atoms with Crippen LogP contribution >= 0.6 is 0 Å². The minimum Gasteiger partial charge on any atom is -0.438 e. The number of hydrogen-bond donors (Lipinski definition) is 2. The maximum absolute atomic E-state index is 13.4. The summed E-state index contributed by atoms with van der Waals surface area (Å²) < 4.78 is 19.4. The summed E-state index contributed by atoms with van der Waals surface area (Å²) in [6, 6.07) is 16.9. The minimum atomic E-state index is -0.877. The van der Waals surface area contributed by atoms with Gasteiger partial charge in [0.1, 0.15) is 11.4 Å². The highest BCUT2D eigenvalue weighted by molar-refractivity contribution is 5.70. The normalized spacial score (nSPS) is 19.2. The summed E-state index contributed by atoms with van der Waals surface area (Å²) in [7, 11) is 0.